The number of amides is 1. The molecule has 0 aromatic rings. The lowest BCUT2D eigenvalue weighted by atomic mass is 9.95. The summed E-state index contributed by atoms with van der Waals surface area (Å²) in [5.74, 6) is 0.234. The molecular weight excluding hydrogens is 258 g/mol. The highest BCUT2D eigenvalue weighted by Gasteiger charge is 2.24. The second-order valence-electron chi connectivity index (χ2n) is 5.42. The molecule has 1 aliphatic heterocycles. The molecule has 116 valence electrons. The molecule has 2 unspecified atom stereocenters. The third kappa shape index (κ3) is 6.34. The maximum Gasteiger partial charge on any atom is 0.305 e. The fourth-order valence-corrected chi connectivity index (χ4v) is 2.35. The van der Waals surface area contributed by atoms with Gasteiger partial charge in [-0.05, 0) is 25.7 Å². The van der Waals surface area contributed by atoms with Crippen molar-refractivity contribution in [2.75, 3.05) is 32.8 Å². The van der Waals surface area contributed by atoms with Gasteiger partial charge in [0.2, 0.25) is 5.91 Å². The first-order valence-corrected chi connectivity index (χ1v) is 7.43. The summed E-state index contributed by atoms with van der Waals surface area (Å²) >= 11 is 0. The molecular formula is C14H27N3O3. The van der Waals surface area contributed by atoms with E-state index in [-0.39, 0.29) is 17.9 Å². The van der Waals surface area contributed by atoms with Crippen molar-refractivity contribution in [3.8, 4) is 0 Å². The lowest BCUT2D eigenvalue weighted by Crippen LogP contribution is -2.49. The van der Waals surface area contributed by atoms with E-state index in [1.165, 1.54) is 0 Å². The minimum absolute atomic E-state index is 0.0107. The van der Waals surface area contributed by atoms with Gasteiger partial charge in [0.15, 0.2) is 0 Å². The van der Waals surface area contributed by atoms with E-state index in [9.17, 15) is 9.59 Å². The molecule has 0 aliphatic carbocycles. The molecule has 20 heavy (non-hydrogen) atoms. The molecule has 1 amide bonds. The van der Waals surface area contributed by atoms with Crippen LogP contribution in [-0.2, 0) is 14.3 Å². The van der Waals surface area contributed by atoms with Crippen LogP contribution >= 0.6 is 0 Å². The zero-order valence-electron chi connectivity index (χ0n) is 12.6. The maximum atomic E-state index is 11.8. The summed E-state index contributed by atoms with van der Waals surface area (Å²) in [4.78, 5) is 25.0. The Labute approximate surface area is 121 Å². The molecule has 0 aromatic carbocycles. The lowest BCUT2D eigenvalue weighted by molar-refractivity contribution is -0.143. The van der Waals surface area contributed by atoms with Crippen LogP contribution in [0.2, 0.25) is 0 Å². The highest BCUT2D eigenvalue weighted by atomic mass is 16.5. The quantitative estimate of drug-likeness (QED) is 0.512. The Balaban J connectivity index is 2.10. The summed E-state index contributed by atoms with van der Waals surface area (Å²) < 4.78 is 4.82. The zero-order valence-corrected chi connectivity index (χ0v) is 12.6. The van der Waals surface area contributed by atoms with Crippen molar-refractivity contribution in [1.29, 1.82) is 0 Å². The number of nitrogens with zero attached hydrogens (tertiary/aromatic N) is 1. The average Bonchev–Trinajstić information content (AvgIpc) is 2.39. The minimum atomic E-state index is -0.208. The molecule has 1 heterocycles. The van der Waals surface area contributed by atoms with E-state index in [2.05, 4.69) is 17.1 Å². The third-order valence-corrected chi connectivity index (χ3v) is 3.61. The summed E-state index contributed by atoms with van der Waals surface area (Å²) in [7, 11) is 0. The minimum Gasteiger partial charge on any atom is -0.466 e. The number of piperidine rings is 1. The van der Waals surface area contributed by atoms with Gasteiger partial charge in [0.05, 0.1) is 13.2 Å². The predicted molar refractivity (Wildman–Crippen MR) is 77.1 cm³/mol. The highest BCUT2D eigenvalue weighted by molar-refractivity contribution is 5.78. The number of carbonyl (C=O) groups excluding carboxylic acids is 2. The van der Waals surface area contributed by atoms with Crippen molar-refractivity contribution >= 4 is 11.9 Å². The summed E-state index contributed by atoms with van der Waals surface area (Å²) in [6, 6.07) is 0.249. The van der Waals surface area contributed by atoms with E-state index >= 15 is 0 Å². The Morgan fingerprint density at radius 2 is 2.20 bits per heavy atom. The Morgan fingerprint density at radius 3 is 2.85 bits per heavy atom. The Hall–Kier alpha value is -1.14. The highest BCUT2D eigenvalue weighted by Crippen LogP contribution is 2.14. The first-order valence-electron chi connectivity index (χ1n) is 7.43. The molecule has 0 radical (unpaired) electrons. The van der Waals surface area contributed by atoms with Gasteiger partial charge in [-0.1, -0.05) is 6.92 Å². The van der Waals surface area contributed by atoms with Gasteiger partial charge < -0.3 is 15.8 Å². The van der Waals surface area contributed by atoms with Crippen LogP contribution in [-0.4, -0.2) is 55.6 Å². The fourth-order valence-electron chi connectivity index (χ4n) is 2.35. The Morgan fingerprint density at radius 1 is 1.45 bits per heavy atom. The number of nitrogens with two attached hydrogens (primary N) is 1. The van der Waals surface area contributed by atoms with Crippen LogP contribution in [0.1, 0.15) is 33.1 Å². The van der Waals surface area contributed by atoms with E-state index in [0.717, 1.165) is 19.5 Å². The Bertz CT molecular complexity index is 323. The van der Waals surface area contributed by atoms with Crippen LogP contribution in [0.4, 0.5) is 0 Å². The number of esters is 1. The third-order valence-electron chi connectivity index (χ3n) is 3.61. The number of hydrogen-bond acceptors (Lipinski definition) is 5. The van der Waals surface area contributed by atoms with Crippen LogP contribution in [0.3, 0.4) is 0 Å². The summed E-state index contributed by atoms with van der Waals surface area (Å²) in [5, 5.41) is 2.83. The van der Waals surface area contributed by atoms with E-state index in [4.69, 9.17) is 10.5 Å². The topological polar surface area (TPSA) is 84.7 Å². The standard InChI is InChI=1S/C14H27N3O3/c1-3-20-14(19)5-4-7-16-13(18)10-17-8-6-12(15)11(2)9-17/h11-12H,3-10,15H2,1-2H3,(H,16,18). The normalized spacial score (nSPS) is 23.4. The van der Waals surface area contributed by atoms with Crippen LogP contribution < -0.4 is 11.1 Å². The largest absolute Gasteiger partial charge is 0.466 e. The first-order chi connectivity index (χ1) is 9.52. The zero-order chi connectivity index (χ0) is 15.0. The second kappa shape index (κ2) is 8.92. The number of nitrogens with one attached hydrogen (secondary N) is 1. The van der Waals surface area contributed by atoms with Gasteiger partial charge in [0.25, 0.3) is 0 Å². The van der Waals surface area contributed by atoms with Crippen molar-refractivity contribution in [2.45, 2.75) is 39.2 Å². The molecule has 0 spiro atoms. The first kappa shape index (κ1) is 16.9. The summed E-state index contributed by atoms with van der Waals surface area (Å²) in [5.41, 5.74) is 5.95. The van der Waals surface area contributed by atoms with E-state index in [1.807, 2.05) is 0 Å². The maximum absolute atomic E-state index is 11.8. The van der Waals surface area contributed by atoms with Gasteiger partial charge in [-0.3, -0.25) is 14.5 Å². The molecule has 1 aliphatic rings. The molecule has 0 bridgehead atoms. The van der Waals surface area contributed by atoms with E-state index in [0.29, 0.717) is 38.5 Å². The number of carbonyl (C=O) groups is 2. The SMILES string of the molecule is CCOC(=O)CCCNC(=O)CN1CCC(N)C(C)C1. The molecule has 0 saturated carbocycles. The van der Waals surface area contributed by atoms with Gasteiger partial charge in [-0.15, -0.1) is 0 Å². The molecule has 2 atom stereocenters. The molecule has 0 aromatic heterocycles. The van der Waals surface area contributed by atoms with Crippen molar-refractivity contribution in [3.05, 3.63) is 0 Å². The van der Waals surface area contributed by atoms with Gasteiger partial charge >= 0.3 is 5.97 Å². The predicted octanol–water partition coefficient (Wildman–Crippen LogP) is 0.115. The molecule has 6 nitrogen and oxygen atoms in total. The molecule has 1 fully saturated rings. The van der Waals surface area contributed by atoms with Gasteiger partial charge in [0.1, 0.15) is 0 Å². The van der Waals surface area contributed by atoms with Crippen molar-refractivity contribution in [1.82, 2.24) is 10.2 Å². The lowest BCUT2D eigenvalue weighted by Gasteiger charge is -2.34. The number of hydrogen-bond donors (Lipinski definition) is 2. The van der Waals surface area contributed by atoms with Crippen LogP contribution in [0.15, 0.2) is 0 Å². The molecule has 6 heteroatoms. The average molecular weight is 285 g/mol. The van der Waals surface area contributed by atoms with E-state index < -0.39 is 0 Å². The van der Waals surface area contributed by atoms with Crippen molar-refractivity contribution in [2.24, 2.45) is 11.7 Å². The molecule has 3 N–H and O–H groups in total. The monoisotopic (exact) mass is 285 g/mol. The fraction of sp³-hybridized carbons (Fsp3) is 0.857. The smallest absolute Gasteiger partial charge is 0.305 e. The van der Waals surface area contributed by atoms with Crippen LogP contribution in [0, 0.1) is 5.92 Å². The van der Waals surface area contributed by atoms with Gasteiger partial charge in [0, 0.05) is 32.1 Å². The van der Waals surface area contributed by atoms with Crippen LogP contribution in [0.5, 0.6) is 0 Å². The molecule has 1 saturated heterocycles. The van der Waals surface area contributed by atoms with Gasteiger partial charge in [-0.2, -0.15) is 0 Å². The number of ether oxygens (including phenoxy) is 1. The Kier molecular flexibility index (Phi) is 7.54. The number of rotatable bonds is 7. The summed E-state index contributed by atoms with van der Waals surface area (Å²) in [6.45, 7) is 6.98. The number of likely N-dealkylation sites (tertiary alicyclic amines) is 1. The summed E-state index contributed by atoms with van der Waals surface area (Å²) in [6.07, 6.45) is 1.91. The van der Waals surface area contributed by atoms with Gasteiger partial charge in [-0.25, -0.2) is 0 Å². The molecule has 1 rings (SSSR count). The van der Waals surface area contributed by atoms with E-state index in [1.54, 1.807) is 6.92 Å². The van der Waals surface area contributed by atoms with Crippen molar-refractivity contribution in [3.63, 3.8) is 0 Å². The second-order valence-corrected chi connectivity index (χ2v) is 5.42. The van der Waals surface area contributed by atoms with Crippen LogP contribution in [0.25, 0.3) is 0 Å². The van der Waals surface area contributed by atoms with Crippen molar-refractivity contribution < 1.29 is 14.3 Å².